The van der Waals surface area contributed by atoms with Crippen molar-refractivity contribution in [2.45, 2.75) is 31.7 Å². The molecule has 0 N–H and O–H groups in total. The lowest BCUT2D eigenvalue weighted by Crippen LogP contribution is -2.62. The van der Waals surface area contributed by atoms with Crippen LogP contribution in [0.5, 0.6) is 0 Å². The molecular weight excluding hydrogens is 274 g/mol. The molecule has 1 aliphatic rings. The number of hydrogen-bond donors (Lipinski definition) is 0. The maximum Gasteiger partial charge on any atom is 0.324 e. The van der Waals surface area contributed by atoms with E-state index in [2.05, 4.69) is 0 Å². The molecule has 1 saturated heterocycles. The third-order valence-electron chi connectivity index (χ3n) is 3.26. The van der Waals surface area contributed by atoms with Gasteiger partial charge in [-0.25, -0.2) is 4.31 Å². The van der Waals surface area contributed by atoms with Gasteiger partial charge in [0.15, 0.2) is 0 Å². The van der Waals surface area contributed by atoms with Crippen molar-refractivity contribution in [1.82, 2.24) is 4.31 Å². The summed E-state index contributed by atoms with van der Waals surface area (Å²) < 4.78 is 23.4. The lowest BCUT2D eigenvalue weighted by atomic mass is 9.83. The average molecular weight is 288 g/mol. The minimum absolute atomic E-state index is 0.228. The van der Waals surface area contributed by atoms with Gasteiger partial charge >= 0.3 is 9.24 Å². The zero-order valence-electron chi connectivity index (χ0n) is 9.97. The first kappa shape index (κ1) is 13.4. The highest BCUT2D eigenvalue weighted by Crippen LogP contribution is 2.39. The molecule has 2 rings (SSSR count). The fourth-order valence-electron chi connectivity index (χ4n) is 2.31. The summed E-state index contributed by atoms with van der Waals surface area (Å²) in [5.41, 5.74) is 0.429. The van der Waals surface area contributed by atoms with E-state index in [1.165, 1.54) is 0 Å². The summed E-state index contributed by atoms with van der Waals surface area (Å²) in [6.07, 6.45) is 1.52. The molecule has 0 saturated carbocycles. The molecule has 0 radical (unpaired) electrons. The predicted molar refractivity (Wildman–Crippen MR) is 69.4 cm³/mol. The molecule has 0 spiro atoms. The fraction of sp³-hybridized carbons (Fsp3) is 0.417. The Morgan fingerprint density at radius 1 is 1.33 bits per heavy atom. The molecule has 1 atom stereocenters. The molecule has 1 unspecified atom stereocenters. The van der Waals surface area contributed by atoms with E-state index >= 15 is 0 Å². The smallest absolute Gasteiger partial charge is 0.274 e. The largest absolute Gasteiger partial charge is 0.324 e. The van der Waals surface area contributed by atoms with Crippen LogP contribution in [0.3, 0.4) is 0 Å². The van der Waals surface area contributed by atoms with Crippen molar-refractivity contribution in [3.8, 4) is 0 Å². The van der Waals surface area contributed by atoms with E-state index < -0.39 is 20.7 Å². The van der Waals surface area contributed by atoms with Gasteiger partial charge in [0.1, 0.15) is 0 Å². The van der Waals surface area contributed by atoms with Gasteiger partial charge in [-0.2, -0.15) is 8.42 Å². The summed E-state index contributed by atoms with van der Waals surface area (Å²) in [4.78, 5) is 11.4. The Kier molecular flexibility index (Phi) is 3.38. The van der Waals surface area contributed by atoms with Gasteiger partial charge in [0, 0.05) is 10.7 Å². The molecule has 0 aliphatic carbocycles. The Hall–Kier alpha value is -1.07. The van der Waals surface area contributed by atoms with Gasteiger partial charge in [-0.05, 0) is 25.3 Å². The first-order chi connectivity index (χ1) is 8.33. The van der Waals surface area contributed by atoms with Crippen LogP contribution in [0.4, 0.5) is 0 Å². The fourth-order valence-corrected chi connectivity index (χ4v) is 4.03. The molecule has 0 bridgehead atoms. The van der Waals surface area contributed by atoms with Crippen LogP contribution < -0.4 is 0 Å². The molecule has 98 valence electrons. The molecule has 1 aromatic rings. The van der Waals surface area contributed by atoms with E-state index in [1.807, 2.05) is 30.3 Å². The highest BCUT2D eigenvalue weighted by atomic mass is 35.7. The normalized spacial score (nSPS) is 23.9. The van der Waals surface area contributed by atoms with Gasteiger partial charge in [-0.3, -0.25) is 4.79 Å². The SMILES string of the molecule is CC1(CCc2ccccc2)CC(=O)N1S(=O)(=O)Cl. The average Bonchev–Trinajstić information content (AvgIpc) is 2.24. The van der Waals surface area contributed by atoms with E-state index in [0.29, 0.717) is 12.8 Å². The number of amides is 1. The van der Waals surface area contributed by atoms with E-state index in [0.717, 1.165) is 9.87 Å². The van der Waals surface area contributed by atoms with Crippen molar-refractivity contribution in [3.05, 3.63) is 35.9 Å². The number of halogens is 1. The number of carbonyl (C=O) groups is 1. The maximum absolute atomic E-state index is 11.4. The van der Waals surface area contributed by atoms with Gasteiger partial charge in [-0.1, -0.05) is 30.3 Å². The number of nitrogens with zero attached hydrogens (tertiary/aromatic N) is 1. The monoisotopic (exact) mass is 287 g/mol. The lowest BCUT2D eigenvalue weighted by molar-refractivity contribution is -0.144. The van der Waals surface area contributed by atoms with Crippen LogP contribution in [0.1, 0.15) is 25.3 Å². The van der Waals surface area contributed by atoms with Gasteiger partial charge in [0.25, 0.3) is 0 Å². The van der Waals surface area contributed by atoms with E-state index in [4.69, 9.17) is 10.7 Å². The van der Waals surface area contributed by atoms with Gasteiger partial charge in [0.2, 0.25) is 5.91 Å². The number of benzene rings is 1. The van der Waals surface area contributed by atoms with Crippen LogP contribution in [0.25, 0.3) is 0 Å². The predicted octanol–water partition coefficient (Wildman–Crippen LogP) is 2.09. The highest BCUT2D eigenvalue weighted by Gasteiger charge is 2.52. The molecule has 1 fully saturated rings. The molecule has 6 heteroatoms. The quantitative estimate of drug-likeness (QED) is 0.629. The first-order valence-electron chi connectivity index (χ1n) is 5.65. The molecule has 0 aromatic heterocycles. The summed E-state index contributed by atoms with van der Waals surface area (Å²) in [7, 11) is 1.30. The molecule has 1 heterocycles. The summed E-state index contributed by atoms with van der Waals surface area (Å²) in [6.45, 7) is 1.75. The second kappa shape index (κ2) is 4.55. The Labute approximate surface area is 111 Å². The molecule has 1 aliphatic heterocycles. The molecular formula is C12H14ClNO3S. The second-order valence-corrected chi connectivity index (χ2v) is 7.12. The van der Waals surface area contributed by atoms with Crippen molar-refractivity contribution in [3.63, 3.8) is 0 Å². The summed E-state index contributed by atoms with van der Waals surface area (Å²) in [5.74, 6) is -0.430. The molecule has 1 aromatic carbocycles. The van der Waals surface area contributed by atoms with Crippen LogP contribution in [0.2, 0.25) is 0 Å². The Morgan fingerprint density at radius 2 is 1.94 bits per heavy atom. The minimum atomic E-state index is -3.97. The van der Waals surface area contributed by atoms with Crippen molar-refractivity contribution in [1.29, 1.82) is 0 Å². The topological polar surface area (TPSA) is 54.5 Å². The number of β-lactam (4-membered cyclic amide) rings is 1. The lowest BCUT2D eigenvalue weighted by Gasteiger charge is -2.47. The maximum atomic E-state index is 11.4. The van der Waals surface area contributed by atoms with Crippen LogP contribution in [0.15, 0.2) is 30.3 Å². The highest BCUT2D eigenvalue weighted by molar-refractivity contribution is 8.12. The van der Waals surface area contributed by atoms with E-state index in [1.54, 1.807) is 6.92 Å². The van der Waals surface area contributed by atoms with Crippen LogP contribution in [-0.2, 0) is 20.5 Å². The number of aryl methyl sites for hydroxylation is 1. The summed E-state index contributed by atoms with van der Waals surface area (Å²) in [6, 6.07) is 9.74. The third kappa shape index (κ3) is 2.52. The Balaban J connectivity index is 2.08. The van der Waals surface area contributed by atoms with Gasteiger partial charge in [-0.15, -0.1) is 0 Å². The number of hydrogen-bond acceptors (Lipinski definition) is 3. The van der Waals surface area contributed by atoms with Crippen molar-refractivity contribution in [2.75, 3.05) is 0 Å². The van der Waals surface area contributed by atoms with Crippen molar-refractivity contribution < 1.29 is 13.2 Å². The Morgan fingerprint density at radius 3 is 2.44 bits per heavy atom. The van der Waals surface area contributed by atoms with Gasteiger partial charge < -0.3 is 0 Å². The van der Waals surface area contributed by atoms with E-state index in [9.17, 15) is 13.2 Å². The van der Waals surface area contributed by atoms with Crippen LogP contribution >= 0.6 is 10.7 Å². The van der Waals surface area contributed by atoms with Crippen LogP contribution in [-0.4, -0.2) is 24.2 Å². The Bertz CT molecular complexity index is 558. The second-order valence-electron chi connectivity index (χ2n) is 4.76. The molecule has 18 heavy (non-hydrogen) atoms. The number of carbonyl (C=O) groups excluding carboxylic acids is 1. The van der Waals surface area contributed by atoms with Crippen molar-refractivity contribution >= 4 is 25.8 Å². The zero-order valence-corrected chi connectivity index (χ0v) is 11.5. The molecule has 4 nitrogen and oxygen atoms in total. The summed E-state index contributed by atoms with van der Waals surface area (Å²) >= 11 is 0. The summed E-state index contributed by atoms with van der Waals surface area (Å²) in [5, 5.41) is 0. The van der Waals surface area contributed by atoms with Gasteiger partial charge in [0.05, 0.1) is 12.0 Å². The van der Waals surface area contributed by atoms with Crippen LogP contribution in [0, 0.1) is 0 Å². The first-order valence-corrected chi connectivity index (χ1v) is 7.91. The van der Waals surface area contributed by atoms with E-state index in [-0.39, 0.29) is 6.42 Å². The van der Waals surface area contributed by atoms with Crippen molar-refractivity contribution in [2.24, 2.45) is 0 Å². The third-order valence-corrected chi connectivity index (χ3v) is 4.76. The minimum Gasteiger partial charge on any atom is -0.274 e. The number of rotatable bonds is 4. The standard InChI is InChI=1S/C12H14ClNO3S/c1-12(8-7-10-5-3-2-4-6-10)9-11(15)14(12)18(13,16)17/h2-6H,7-9H2,1H3. The molecule has 1 amide bonds. The zero-order chi connectivity index (χ0) is 13.4.